The number of carboxylic acid groups (broad SMARTS) is 1. The summed E-state index contributed by atoms with van der Waals surface area (Å²) in [5.41, 5.74) is 0.0191. The van der Waals surface area contributed by atoms with Crippen LogP contribution in [0.15, 0.2) is 24.2 Å². The van der Waals surface area contributed by atoms with E-state index in [2.05, 4.69) is 5.32 Å². The van der Waals surface area contributed by atoms with Crippen molar-refractivity contribution in [3.8, 4) is 0 Å². The molecular weight excluding hydrogens is 182 g/mol. The van der Waals surface area contributed by atoms with Crippen molar-refractivity contribution in [3.05, 3.63) is 29.7 Å². The Labute approximate surface area is 86.2 Å². The second-order valence-corrected chi connectivity index (χ2v) is 2.93. The van der Waals surface area contributed by atoms with Crippen molar-refractivity contribution < 1.29 is 20.2 Å². The Morgan fingerprint density at radius 3 is 3.00 bits per heavy atom. The molecule has 1 heterocycles. The van der Waals surface area contributed by atoms with Crippen LogP contribution in [0, 0.1) is 0 Å². The van der Waals surface area contributed by atoms with Gasteiger partial charge in [-0.05, 0) is 11.6 Å². The zero-order valence-electron chi connectivity index (χ0n) is 11.0. The zero-order valence-corrected chi connectivity index (χ0v) is 7.05. The predicted octanol–water partition coefficient (Wildman–Crippen LogP) is 1.20. The fraction of sp³-hybridized carbons (Fsp3) is 0.200. The van der Waals surface area contributed by atoms with Gasteiger partial charge in [0.25, 0.3) is 0 Å². The Morgan fingerprint density at radius 2 is 2.29 bits per heavy atom. The van der Waals surface area contributed by atoms with Gasteiger partial charge in [0.2, 0.25) is 5.91 Å². The lowest BCUT2D eigenvalue weighted by atomic mass is 9.97. The normalized spacial score (nSPS) is 22.9. The number of hydrogen-bond acceptors (Lipinski definition) is 2. The first-order valence-electron chi connectivity index (χ1n) is 5.97. The minimum Gasteiger partial charge on any atom is -0.481 e. The van der Waals surface area contributed by atoms with Crippen LogP contribution in [-0.4, -0.2) is 17.0 Å². The molecule has 0 saturated carbocycles. The highest BCUT2D eigenvalue weighted by molar-refractivity contribution is 6.04. The molecule has 1 aromatic carbocycles. The Hall–Kier alpha value is -1.84. The molecule has 0 saturated heterocycles. The molecule has 2 N–H and O–H groups in total. The van der Waals surface area contributed by atoms with Crippen LogP contribution in [0.1, 0.15) is 23.4 Å². The summed E-state index contributed by atoms with van der Waals surface area (Å²) in [6, 6.07) is -1.64. The first-order chi connectivity index (χ1) is 8.34. The highest BCUT2D eigenvalue weighted by atomic mass is 16.4. The third kappa shape index (κ3) is 1.35. The molecule has 1 unspecified atom stereocenters. The fourth-order valence-electron chi connectivity index (χ4n) is 1.39. The Kier molecular flexibility index (Phi) is 1.15. The van der Waals surface area contributed by atoms with Crippen molar-refractivity contribution in [1.82, 2.24) is 0 Å². The number of anilines is 1. The molecule has 1 amide bonds. The summed E-state index contributed by atoms with van der Waals surface area (Å²) in [6.45, 7) is 0. The maximum Gasteiger partial charge on any atom is 0.304 e. The summed E-state index contributed by atoms with van der Waals surface area (Å²) in [6.07, 6.45) is -0.499. The van der Waals surface area contributed by atoms with Gasteiger partial charge in [-0.2, -0.15) is 0 Å². The number of carbonyl (C=O) groups is 2. The van der Waals surface area contributed by atoms with Crippen molar-refractivity contribution in [2.24, 2.45) is 0 Å². The molecule has 4 nitrogen and oxygen atoms in total. The second kappa shape index (κ2) is 3.14. The number of para-hydroxylation sites is 1. The van der Waals surface area contributed by atoms with E-state index in [-0.39, 0.29) is 23.3 Å². The van der Waals surface area contributed by atoms with Gasteiger partial charge in [-0.25, -0.2) is 0 Å². The average Bonchev–Trinajstić information content (AvgIpc) is 2.61. The van der Waals surface area contributed by atoms with E-state index in [9.17, 15) is 9.59 Å². The average molecular weight is 195 g/mol. The van der Waals surface area contributed by atoms with E-state index >= 15 is 0 Å². The van der Waals surface area contributed by atoms with Crippen LogP contribution >= 0.6 is 0 Å². The standard InChI is InChI=1S/C10H9NO3/c12-9(13)5-7-6-3-1-2-4-8(6)11-10(7)14/h1-4,7H,5H2,(H,11,14)(H,12,13)/i1D,2D,3D,4D. The van der Waals surface area contributed by atoms with Crippen molar-refractivity contribution in [2.45, 2.75) is 12.3 Å². The quantitative estimate of drug-likeness (QED) is 0.745. The van der Waals surface area contributed by atoms with Gasteiger partial charge in [0, 0.05) is 5.69 Å². The van der Waals surface area contributed by atoms with Crippen LogP contribution < -0.4 is 5.32 Å². The van der Waals surface area contributed by atoms with Crippen LogP contribution in [-0.2, 0) is 9.59 Å². The predicted molar refractivity (Wildman–Crippen MR) is 50.1 cm³/mol. The van der Waals surface area contributed by atoms with Gasteiger partial charge in [0.05, 0.1) is 17.8 Å². The van der Waals surface area contributed by atoms with Gasteiger partial charge in [-0.3, -0.25) is 9.59 Å². The van der Waals surface area contributed by atoms with E-state index in [1.54, 1.807) is 0 Å². The van der Waals surface area contributed by atoms with Crippen molar-refractivity contribution >= 4 is 17.6 Å². The molecule has 14 heavy (non-hydrogen) atoms. The zero-order chi connectivity index (χ0) is 13.6. The second-order valence-electron chi connectivity index (χ2n) is 2.93. The molecule has 0 radical (unpaired) electrons. The first-order valence-corrected chi connectivity index (χ1v) is 3.97. The van der Waals surface area contributed by atoms with E-state index < -0.39 is 36.3 Å². The van der Waals surface area contributed by atoms with Crippen molar-refractivity contribution in [2.75, 3.05) is 5.32 Å². The summed E-state index contributed by atoms with van der Waals surface area (Å²) < 4.78 is 30.3. The largest absolute Gasteiger partial charge is 0.481 e. The Bertz CT molecular complexity index is 573. The monoisotopic (exact) mass is 195 g/mol. The van der Waals surface area contributed by atoms with Crippen LogP contribution in [0.5, 0.6) is 0 Å². The lowest BCUT2D eigenvalue weighted by Gasteiger charge is -2.03. The van der Waals surface area contributed by atoms with Crippen LogP contribution in [0.2, 0.25) is 0 Å². The number of carboxylic acids is 1. The summed E-state index contributed by atoms with van der Waals surface area (Å²) in [5, 5.41) is 11.0. The summed E-state index contributed by atoms with van der Waals surface area (Å²) >= 11 is 0. The highest BCUT2D eigenvalue weighted by Crippen LogP contribution is 2.33. The third-order valence-corrected chi connectivity index (χ3v) is 2.01. The maximum atomic E-state index is 11.6. The Morgan fingerprint density at radius 1 is 1.57 bits per heavy atom. The molecule has 0 aromatic heterocycles. The summed E-state index contributed by atoms with van der Waals surface area (Å²) in [4.78, 5) is 22.3. The van der Waals surface area contributed by atoms with E-state index in [1.165, 1.54) is 0 Å². The molecule has 1 aliphatic heterocycles. The third-order valence-electron chi connectivity index (χ3n) is 2.01. The SMILES string of the molecule is [2H]c1c([2H])c([2H])c2c(c1[2H])NC(=O)C2CC(=O)O. The molecule has 0 aliphatic carbocycles. The molecule has 0 spiro atoms. The topological polar surface area (TPSA) is 66.4 Å². The summed E-state index contributed by atoms with van der Waals surface area (Å²) in [7, 11) is 0. The number of benzene rings is 1. The number of fused-ring (bicyclic) bond motifs is 1. The van der Waals surface area contributed by atoms with Crippen molar-refractivity contribution in [1.29, 1.82) is 0 Å². The van der Waals surface area contributed by atoms with Crippen LogP contribution in [0.4, 0.5) is 5.69 Å². The Balaban J connectivity index is 2.65. The minimum atomic E-state index is -1.20. The van der Waals surface area contributed by atoms with Gasteiger partial charge in [0.15, 0.2) is 0 Å². The number of aliphatic carboxylic acids is 1. The molecule has 1 aliphatic rings. The molecular formula is C10H9NO3. The lowest BCUT2D eigenvalue weighted by Crippen LogP contribution is -2.15. The fourth-order valence-corrected chi connectivity index (χ4v) is 1.39. The van der Waals surface area contributed by atoms with E-state index in [0.29, 0.717) is 0 Å². The van der Waals surface area contributed by atoms with E-state index in [0.717, 1.165) is 0 Å². The van der Waals surface area contributed by atoms with E-state index in [1.807, 2.05) is 0 Å². The number of hydrogen-bond donors (Lipinski definition) is 2. The van der Waals surface area contributed by atoms with Gasteiger partial charge < -0.3 is 10.4 Å². The first kappa shape index (κ1) is 5.14. The number of amides is 1. The van der Waals surface area contributed by atoms with Crippen molar-refractivity contribution in [3.63, 3.8) is 0 Å². The molecule has 2 rings (SSSR count). The lowest BCUT2D eigenvalue weighted by molar-refractivity contribution is -0.138. The maximum absolute atomic E-state index is 11.6. The molecule has 0 bridgehead atoms. The number of carbonyl (C=O) groups excluding carboxylic acids is 1. The summed E-state index contributed by atoms with van der Waals surface area (Å²) in [5.74, 6) is -2.88. The van der Waals surface area contributed by atoms with Crippen LogP contribution in [0.3, 0.4) is 0 Å². The van der Waals surface area contributed by atoms with Gasteiger partial charge >= 0.3 is 5.97 Å². The van der Waals surface area contributed by atoms with Gasteiger partial charge in [-0.15, -0.1) is 0 Å². The number of rotatable bonds is 2. The van der Waals surface area contributed by atoms with Gasteiger partial charge in [-0.1, -0.05) is 18.1 Å². The molecule has 0 fully saturated rings. The van der Waals surface area contributed by atoms with E-state index in [4.69, 9.17) is 10.6 Å². The van der Waals surface area contributed by atoms with Crippen LogP contribution in [0.25, 0.3) is 0 Å². The van der Waals surface area contributed by atoms with Gasteiger partial charge in [0.1, 0.15) is 0 Å². The smallest absolute Gasteiger partial charge is 0.304 e. The molecule has 1 aromatic rings. The number of nitrogens with one attached hydrogen (secondary N) is 1. The highest BCUT2D eigenvalue weighted by Gasteiger charge is 2.31. The molecule has 1 atom stereocenters. The molecule has 4 heteroatoms. The minimum absolute atomic E-state index is 0.0164. The molecule has 72 valence electrons.